The summed E-state index contributed by atoms with van der Waals surface area (Å²) in [6.07, 6.45) is -5.93. The first-order chi connectivity index (χ1) is 16.3. The molecule has 4 N–H and O–H groups in total. The molecule has 14 heteroatoms. The molecule has 3 aromatic rings. The first kappa shape index (κ1) is 25.5. The van der Waals surface area contributed by atoms with Crippen LogP contribution in [0.4, 0.5) is 24.9 Å². The van der Waals surface area contributed by atoms with Crippen LogP contribution in [0.25, 0.3) is 20.8 Å². The molecule has 4 atom stereocenters. The standard InChI is InChI=1S/C21H24F3N5O4S2/c1-10-15(19-28-12-5-3-4-6-14(12)34-19)18(29-20(26-10)25-9-21(22,23)24)27-13-7-11(8-35(2,32)33)16(30)17(13)31/h3-6,11,13,16-17,30-31H,7-9H2,1-2H3,(H2,25,26,27,29)/t11-,13-,16-,17+/m1/s1. The Morgan fingerprint density at radius 1 is 1.14 bits per heavy atom. The summed E-state index contributed by atoms with van der Waals surface area (Å²) < 4.78 is 62.6. The lowest BCUT2D eigenvalue weighted by Crippen LogP contribution is -2.36. The van der Waals surface area contributed by atoms with Gasteiger partial charge in [0, 0.05) is 12.2 Å². The Labute approximate surface area is 203 Å². The van der Waals surface area contributed by atoms with Crippen molar-refractivity contribution in [1.82, 2.24) is 15.0 Å². The van der Waals surface area contributed by atoms with Gasteiger partial charge in [0.25, 0.3) is 0 Å². The van der Waals surface area contributed by atoms with Crippen molar-refractivity contribution in [3.63, 3.8) is 0 Å². The van der Waals surface area contributed by atoms with Crippen LogP contribution in [-0.4, -0.2) is 76.6 Å². The van der Waals surface area contributed by atoms with Gasteiger partial charge < -0.3 is 20.8 Å². The van der Waals surface area contributed by atoms with Crippen LogP contribution in [0.5, 0.6) is 0 Å². The van der Waals surface area contributed by atoms with Crippen molar-refractivity contribution in [2.24, 2.45) is 5.92 Å². The third-order valence-electron chi connectivity index (χ3n) is 5.69. The van der Waals surface area contributed by atoms with Crippen LogP contribution in [0, 0.1) is 12.8 Å². The molecule has 0 spiro atoms. The van der Waals surface area contributed by atoms with Gasteiger partial charge in [0.15, 0.2) is 0 Å². The third kappa shape index (κ3) is 6.00. The molecule has 2 heterocycles. The number of thiazole rings is 1. The van der Waals surface area contributed by atoms with E-state index in [1.807, 2.05) is 24.3 Å². The van der Waals surface area contributed by atoms with Crippen LogP contribution >= 0.6 is 11.3 Å². The minimum atomic E-state index is -4.48. The van der Waals surface area contributed by atoms with Gasteiger partial charge in [0.2, 0.25) is 5.95 Å². The van der Waals surface area contributed by atoms with E-state index in [0.29, 0.717) is 16.3 Å². The fraction of sp³-hybridized carbons (Fsp3) is 0.476. The molecule has 4 rings (SSSR count). The first-order valence-corrected chi connectivity index (χ1v) is 13.5. The molecule has 0 bridgehead atoms. The summed E-state index contributed by atoms with van der Waals surface area (Å²) in [4.78, 5) is 13.0. The Morgan fingerprint density at radius 2 is 1.86 bits per heavy atom. The molecular formula is C21H24F3N5O4S2. The van der Waals surface area contributed by atoms with Crippen molar-refractivity contribution < 1.29 is 31.8 Å². The van der Waals surface area contributed by atoms with Gasteiger partial charge in [-0.2, -0.15) is 18.2 Å². The Kier molecular flexibility index (Phi) is 6.92. The highest BCUT2D eigenvalue weighted by atomic mass is 32.2. The Balaban J connectivity index is 1.72. The molecule has 1 aliphatic rings. The number of benzene rings is 1. The van der Waals surface area contributed by atoms with Gasteiger partial charge in [0.1, 0.15) is 33.3 Å². The first-order valence-electron chi connectivity index (χ1n) is 10.7. The molecular weight excluding hydrogens is 507 g/mol. The van der Waals surface area contributed by atoms with Gasteiger partial charge in [0.05, 0.1) is 39.4 Å². The predicted octanol–water partition coefficient (Wildman–Crippen LogP) is 2.60. The van der Waals surface area contributed by atoms with Crippen LogP contribution in [0.15, 0.2) is 24.3 Å². The number of para-hydroxylation sites is 1. The molecule has 9 nitrogen and oxygen atoms in total. The number of aliphatic hydroxyl groups is 2. The smallest absolute Gasteiger partial charge is 0.390 e. The fourth-order valence-corrected chi connectivity index (χ4v) is 6.34. The van der Waals surface area contributed by atoms with Crippen molar-refractivity contribution >= 4 is 43.2 Å². The maximum absolute atomic E-state index is 12.8. The Hall–Kier alpha value is -2.55. The number of sulfone groups is 1. The number of aryl methyl sites for hydroxylation is 1. The number of anilines is 2. The normalized spacial score (nSPS) is 23.1. The molecule has 0 aliphatic heterocycles. The summed E-state index contributed by atoms with van der Waals surface area (Å²) in [6, 6.07) is 6.59. The largest absolute Gasteiger partial charge is 0.405 e. The average molecular weight is 532 g/mol. The lowest BCUT2D eigenvalue weighted by atomic mass is 10.1. The summed E-state index contributed by atoms with van der Waals surface area (Å²) in [5, 5.41) is 26.7. The van der Waals surface area contributed by atoms with Gasteiger partial charge in [-0.05, 0) is 25.5 Å². The summed E-state index contributed by atoms with van der Waals surface area (Å²) in [5.74, 6) is -1.17. The second kappa shape index (κ2) is 9.48. The average Bonchev–Trinajstić information content (AvgIpc) is 3.27. The molecule has 35 heavy (non-hydrogen) atoms. The molecule has 1 fully saturated rings. The molecule has 0 unspecified atom stereocenters. The number of alkyl halides is 3. The second-order valence-electron chi connectivity index (χ2n) is 8.63. The number of nitrogens with zero attached hydrogens (tertiary/aromatic N) is 3. The monoisotopic (exact) mass is 531 g/mol. The number of aromatic nitrogens is 3. The predicted molar refractivity (Wildman–Crippen MR) is 127 cm³/mol. The highest BCUT2D eigenvalue weighted by Crippen LogP contribution is 2.38. The van der Waals surface area contributed by atoms with Gasteiger partial charge >= 0.3 is 6.18 Å². The van der Waals surface area contributed by atoms with Crippen LogP contribution in [0.3, 0.4) is 0 Å². The quantitative estimate of drug-likeness (QED) is 0.363. The zero-order chi connectivity index (χ0) is 25.5. The minimum absolute atomic E-state index is 0.114. The maximum Gasteiger partial charge on any atom is 0.405 e. The van der Waals surface area contributed by atoms with E-state index in [-0.39, 0.29) is 23.9 Å². The number of hydrogen-bond acceptors (Lipinski definition) is 10. The number of fused-ring (bicyclic) bond motifs is 1. The molecule has 1 aliphatic carbocycles. The topological polar surface area (TPSA) is 137 Å². The fourth-order valence-electron chi connectivity index (χ4n) is 4.17. The van der Waals surface area contributed by atoms with E-state index in [9.17, 15) is 31.8 Å². The van der Waals surface area contributed by atoms with E-state index < -0.39 is 46.7 Å². The number of halogens is 3. The zero-order valence-corrected chi connectivity index (χ0v) is 20.4. The van der Waals surface area contributed by atoms with Crippen molar-refractivity contribution in [2.75, 3.05) is 29.2 Å². The van der Waals surface area contributed by atoms with E-state index in [2.05, 4.69) is 25.6 Å². The Bertz CT molecular complexity index is 1300. The van der Waals surface area contributed by atoms with Gasteiger partial charge in [-0.15, -0.1) is 11.3 Å². The number of nitrogens with one attached hydrogen (secondary N) is 2. The number of aliphatic hydroxyl groups excluding tert-OH is 2. The molecule has 1 saturated carbocycles. The molecule has 1 aromatic carbocycles. The van der Waals surface area contributed by atoms with Crippen molar-refractivity contribution in [3.05, 3.63) is 30.0 Å². The van der Waals surface area contributed by atoms with Crippen LogP contribution in [0.1, 0.15) is 12.1 Å². The van der Waals surface area contributed by atoms with E-state index in [0.717, 1.165) is 16.5 Å². The van der Waals surface area contributed by atoms with Crippen LogP contribution in [0.2, 0.25) is 0 Å². The van der Waals surface area contributed by atoms with E-state index >= 15 is 0 Å². The molecule has 0 amide bonds. The highest BCUT2D eigenvalue weighted by molar-refractivity contribution is 7.90. The second-order valence-corrected chi connectivity index (χ2v) is 11.8. The SMILES string of the molecule is Cc1nc(NCC(F)(F)F)nc(N[C@@H]2C[C@H](CS(C)(=O)=O)[C@@H](O)[C@H]2O)c1-c1nc2ccccc2s1. The lowest BCUT2D eigenvalue weighted by Gasteiger charge is -2.21. The van der Waals surface area contributed by atoms with Crippen molar-refractivity contribution in [1.29, 1.82) is 0 Å². The molecule has 0 radical (unpaired) electrons. The number of hydrogen-bond donors (Lipinski definition) is 4. The summed E-state index contributed by atoms with van der Waals surface area (Å²) >= 11 is 1.35. The van der Waals surface area contributed by atoms with E-state index in [4.69, 9.17) is 0 Å². The molecule has 190 valence electrons. The van der Waals surface area contributed by atoms with E-state index in [1.54, 1.807) is 6.92 Å². The van der Waals surface area contributed by atoms with Gasteiger partial charge in [-0.25, -0.2) is 18.4 Å². The van der Waals surface area contributed by atoms with Gasteiger partial charge in [-0.1, -0.05) is 12.1 Å². The summed E-state index contributed by atoms with van der Waals surface area (Å²) in [5.41, 5.74) is 1.52. The Morgan fingerprint density at radius 3 is 2.51 bits per heavy atom. The third-order valence-corrected chi connectivity index (χ3v) is 7.77. The van der Waals surface area contributed by atoms with Crippen LogP contribution in [-0.2, 0) is 9.84 Å². The zero-order valence-electron chi connectivity index (χ0n) is 18.7. The summed E-state index contributed by atoms with van der Waals surface area (Å²) in [7, 11) is -3.41. The van der Waals surface area contributed by atoms with Crippen LogP contribution < -0.4 is 10.6 Å². The summed E-state index contributed by atoms with van der Waals surface area (Å²) in [6.45, 7) is 0.271. The molecule has 2 aromatic heterocycles. The van der Waals surface area contributed by atoms with E-state index in [1.165, 1.54) is 11.3 Å². The van der Waals surface area contributed by atoms with Gasteiger partial charge in [-0.3, -0.25) is 0 Å². The van der Waals surface area contributed by atoms with Crippen molar-refractivity contribution in [2.45, 2.75) is 37.8 Å². The number of rotatable bonds is 7. The highest BCUT2D eigenvalue weighted by Gasteiger charge is 2.43. The van der Waals surface area contributed by atoms with Crippen molar-refractivity contribution in [3.8, 4) is 10.6 Å². The molecule has 0 saturated heterocycles. The lowest BCUT2D eigenvalue weighted by molar-refractivity contribution is -0.115. The maximum atomic E-state index is 12.8. The minimum Gasteiger partial charge on any atom is -0.390 e.